The lowest BCUT2D eigenvalue weighted by molar-refractivity contribution is 0.785. The van der Waals surface area contributed by atoms with Gasteiger partial charge >= 0.3 is 0 Å². The van der Waals surface area contributed by atoms with Crippen LogP contribution in [0.15, 0.2) is 12.3 Å². The molecule has 0 saturated carbocycles. The van der Waals surface area contributed by atoms with Crippen LogP contribution in [0.2, 0.25) is 5.02 Å². The minimum atomic E-state index is 0.676. The van der Waals surface area contributed by atoms with Crippen molar-refractivity contribution >= 4 is 11.6 Å². The van der Waals surface area contributed by atoms with E-state index in [1.807, 2.05) is 24.7 Å². The van der Waals surface area contributed by atoms with E-state index in [-0.39, 0.29) is 0 Å². The van der Waals surface area contributed by atoms with Crippen LogP contribution in [0.25, 0.3) is 5.82 Å². The van der Waals surface area contributed by atoms with Crippen molar-refractivity contribution in [1.82, 2.24) is 20.1 Å². The molecule has 19 heavy (non-hydrogen) atoms. The molecule has 0 aliphatic carbocycles. The summed E-state index contributed by atoms with van der Waals surface area (Å²) < 4.78 is 1.89. The fraction of sp³-hybridized carbons (Fsp3) is 0.429. The van der Waals surface area contributed by atoms with Gasteiger partial charge in [0.15, 0.2) is 5.82 Å². The lowest BCUT2D eigenvalue weighted by Crippen LogP contribution is -2.08. The predicted molar refractivity (Wildman–Crippen MR) is 78.0 cm³/mol. The van der Waals surface area contributed by atoms with Gasteiger partial charge < -0.3 is 5.32 Å². The van der Waals surface area contributed by atoms with Gasteiger partial charge in [-0.1, -0.05) is 18.5 Å². The summed E-state index contributed by atoms with van der Waals surface area (Å²) in [5.41, 5.74) is 4.52. The van der Waals surface area contributed by atoms with Gasteiger partial charge in [-0.3, -0.25) is 0 Å². The third-order valence-corrected chi connectivity index (χ3v) is 3.64. The molecular weight excluding hydrogens is 260 g/mol. The van der Waals surface area contributed by atoms with Gasteiger partial charge in [0.05, 0.1) is 10.7 Å². The second kappa shape index (κ2) is 5.72. The highest BCUT2D eigenvalue weighted by Crippen LogP contribution is 2.21. The first-order chi connectivity index (χ1) is 9.08. The molecular formula is C14H19ClN4. The van der Waals surface area contributed by atoms with Crippen molar-refractivity contribution in [3.05, 3.63) is 39.8 Å². The SMILES string of the molecule is CCc1c(C)nn(-c2cc(CNC)c(Cl)cn2)c1C. The van der Waals surface area contributed by atoms with Crippen molar-refractivity contribution in [2.75, 3.05) is 7.05 Å². The van der Waals surface area contributed by atoms with E-state index in [9.17, 15) is 0 Å². The predicted octanol–water partition coefficient (Wildman–Crippen LogP) is 2.82. The van der Waals surface area contributed by atoms with Crippen LogP contribution in [0.1, 0.15) is 29.4 Å². The number of hydrogen-bond acceptors (Lipinski definition) is 3. The Morgan fingerprint density at radius 2 is 2.11 bits per heavy atom. The first-order valence-corrected chi connectivity index (χ1v) is 6.80. The average Bonchev–Trinajstić information content (AvgIpc) is 2.67. The molecule has 5 heteroatoms. The minimum absolute atomic E-state index is 0.676. The summed E-state index contributed by atoms with van der Waals surface area (Å²) in [5.74, 6) is 0.815. The molecule has 0 aromatic carbocycles. The van der Waals surface area contributed by atoms with Gasteiger partial charge in [0.2, 0.25) is 0 Å². The third-order valence-electron chi connectivity index (χ3n) is 3.30. The first kappa shape index (κ1) is 14.0. The maximum absolute atomic E-state index is 6.13. The van der Waals surface area contributed by atoms with Crippen molar-refractivity contribution in [3.63, 3.8) is 0 Å². The monoisotopic (exact) mass is 278 g/mol. The fourth-order valence-electron chi connectivity index (χ4n) is 2.32. The van der Waals surface area contributed by atoms with Gasteiger partial charge in [0.25, 0.3) is 0 Å². The zero-order valence-corrected chi connectivity index (χ0v) is 12.5. The Morgan fingerprint density at radius 3 is 2.68 bits per heavy atom. The molecule has 2 aromatic rings. The van der Waals surface area contributed by atoms with Gasteiger partial charge in [-0.2, -0.15) is 5.10 Å². The van der Waals surface area contributed by atoms with E-state index in [2.05, 4.69) is 29.2 Å². The van der Waals surface area contributed by atoms with E-state index < -0.39 is 0 Å². The fourth-order valence-corrected chi connectivity index (χ4v) is 2.49. The molecule has 2 heterocycles. The second-order valence-corrected chi connectivity index (χ2v) is 4.99. The van der Waals surface area contributed by atoms with Gasteiger partial charge in [0.1, 0.15) is 0 Å². The molecule has 0 saturated heterocycles. The summed E-state index contributed by atoms with van der Waals surface area (Å²) in [7, 11) is 1.90. The number of halogens is 1. The molecule has 0 unspecified atom stereocenters. The standard InChI is InChI=1S/C14H19ClN4/c1-5-12-9(2)18-19(10(12)3)14-6-11(7-16-4)13(15)8-17-14/h6,8,16H,5,7H2,1-4H3. The van der Waals surface area contributed by atoms with E-state index in [1.165, 1.54) is 5.56 Å². The summed E-state index contributed by atoms with van der Waals surface area (Å²) in [6, 6.07) is 1.98. The van der Waals surface area contributed by atoms with Crippen molar-refractivity contribution in [1.29, 1.82) is 0 Å². The van der Waals surface area contributed by atoms with Gasteiger partial charge in [0, 0.05) is 18.4 Å². The number of hydrogen-bond donors (Lipinski definition) is 1. The average molecular weight is 279 g/mol. The van der Waals surface area contributed by atoms with Crippen LogP contribution in [0.5, 0.6) is 0 Å². The van der Waals surface area contributed by atoms with Crippen molar-refractivity contribution in [3.8, 4) is 5.82 Å². The Morgan fingerprint density at radius 1 is 1.37 bits per heavy atom. The maximum atomic E-state index is 6.13. The Hall–Kier alpha value is -1.39. The third kappa shape index (κ3) is 2.65. The molecule has 2 aromatic heterocycles. The summed E-state index contributed by atoms with van der Waals surface area (Å²) in [6.07, 6.45) is 2.67. The van der Waals surface area contributed by atoms with Gasteiger partial charge in [-0.25, -0.2) is 9.67 Å². The molecule has 0 bridgehead atoms. The van der Waals surface area contributed by atoms with Crippen LogP contribution in [0.3, 0.4) is 0 Å². The van der Waals surface area contributed by atoms with E-state index in [0.717, 1.165) is 29.2 Å². The maximum Gasteiger partial charge on any atom is 0.154 e. The van der Waals surface area contributed by atoms with Crippen LogP contribution < -0.4 is 5.32 Å². The number of aryl methyl sites for hydroxylation is 1. The Balaban J connectivity index is 2.50. The lowest BCUT2D eigenvalue weighted by atomic mass is 10.1. The molecule has 0 fully saturated rings. The highest BCUT2D eigenvalue weighted by atomic mass is 35.5. The highest BCUT2D eigenvalue weighted by molar-refractivity contribution is 6.31. The van der Waals surface area contributed by atoms with Gasteiger partial charge in [-0.05, 0) is 44.5 Å². The number of nitrogens with zero attached hydrogens (tertiary/aromatic N) is 3. The van der Waals surface area contributed by atoms with Crippen LogP contribution in [0, 0.1) is 13.8 Å². The number of aromatic nitrogens is 3. The molecule has 0 amide bonds. The zero-order chi connectivity index (χ0) is 14.0. The van der Waals surface area contributed by atoms with E-state index >= 15 is 0 Å². The van der Waals surface area contributed by atoms with Gasteiger partial charge in [-0.15, -0.1) is 0 Å². The molecule has 1 N–H and O–H groups in total. The van der Waals surface area contributed by atoms with Crippen molar-refractivity contribution in [2.24, 2.45) is 0 Å². The Kier molecular flexibility index (Phi) is 4.22. The molecule has 0 radical (unpaired) electrons. The van der Waals surface area contributed by atoms with E-state index in [0.29, 0.717) is 11.6 Å². The van der Waals surface area contributed by atoms with Crippen LogP contribution >= 0.6 is 11.6 Å². The number of pyridine rings is 1. The molecule has 0 aliphatic rings. The highest BCUT2D eigenvalue weighted by Gasteiger charge is 2.13. The second-order valence-electron chi connectivity index (χ2n) is 4.58. The van der Waals surface area contributed by atoms with Crippen LogP contribution in [-0.4, -0.2) is 21.8 Å². The lowest BCUT2D eigenvalue weighted by Gasteiger charge is -2.08. The summed E-state index contributed by atoms with van der Waals surface area (Å²) in [5, 5.41) is 8.35. The molecule has 2 rings (SSSR count). The summed E-state index contributed by atoms with van der Waals surface area (Å²) in [4.78, 5) is 4.38. The van der Waals surface area contributed by atoms with Crippen LogP contribution in [0.4, 0.5) is 0 Å². The first-order valence-electron chi connectivity index (χ1n) is 6.43. The normalized spacial score (nSPS) is 11.0. The summed E-state index contributed by atoms with van der Waals surface area (Å²) >= 11 is 6.13. The molecule has 0 atom stereocenters. The minimum Gasteiger partial charge on any atom is -0.316 e. The Bertz CT molecular complexity index is 589. The molecule has 4 nitrogen and oxygen atoms in total. The molecule has 102 valence electrons. The largest absolute Gasteiger partial charge is 0.316 e. The number of rotatable bonds is 4. The Labute approximate surface area is 118 Å². The van der Waals surface area contributed by atoms with Crippen molar-refractivity contribution < 1.29 is 0 Å². The summed E-state index contributed by atoms with van der Waals surface area (Å²) in [6.45, 7) is 6.97. The van der Waals surface area contributed by atoms with Crippen molar-refractivity contribution in [2.45, 2.75) is 33.7 Å². The quantitative estimate of drug-likeness (QED) is 0.935. The number of nitrogens with one attached hydrogen (secondary N) is 1. The topological polar surface area (TPSA) is 42.7 Å². The molecule has 0 spiro atoms. The van der Waals surface area contributed by atoms with Crippen LogP contribution in [-0.2, 0) is 13.0 Å². The smallest absolute Gasteiger partial charge is 0.154 e. The van der Waals surface area contributed by atoms with E-state index in [4.69, 9.17) is 11.6 Å². The van der Waals surface area contributed by atoms with E-state index in [1.54, 1.807) is 6.20 Å². The zero-order valence-electron chi connectivity index (χ0n) is 11.8. The molecule has 0 aliphatic heterocycles.